The Morgan fingerprint density at radius 2 is 2.25 bits per heavy atom. The van der Waals surface area contributed by atoms with Crippen molar-refractivity contribution in [1.29, 1.82) is 0 Å². The second kappa shape index (κ2) is 5.62. The number of thioether (sulfide) groups is 1. The highest BCUT2D eigenvalue weighted by molar-refractivity contribution is 7.97. The molecule has 1 N–H and O–H groups in total. The minimum Gasteiger partial charge on any atom is -0.383 e. The molecule has 0 radical (unpaired) electrons. The molecular weight excluding hydrogens is 214 g/mol. The first-order valence-corrected chi connectivity index (χ1v) is 7.51. The van der Waals surface area contributed by atoms with Crippen LogP contribution in [0.2, 0.25) is 0 Å². The van der Waals surface area contributed by atoms with Crippen LogP contribution < -0.4 is 5.32 Å². The van der Waals surface area contributed by atoms with E-state index in [9.17, 15) is 0 Å². The Balaban J connectivity index is 1.88. The largest absolute Gasteiger partial charge is 0.383 e. The molecule has 1 atom stereocenters. The van der Waals surface area contributed by atoms with E-state index < -0.39 is 0 Å². The van der Waals surface area contributed by atoms with Crippen molar-refractivity contribution in [2.24, 2.45) is 5.92 Å². The van der Waals surface area contributed by atoms with E-state index in [1.807, 2.05) is 11.8 Å². The summed E-state index contributed by atoms with van der Waals surface area (Å²) < 4.78 is 0. The Labute approximate surface area is 103 Å². The van der Waals surface area contributed by atoms with Crippen molar-refractivity contribution in [3.63, 3.8) is 0 Å². The van der Waals surface area contributed by atoms with E-state index in [1.165, 1.54) is 30.5 Å². The molecule has 1 aliphatic carbocycles. The lowest BCUT2D eigenvalue weighted by Crippen LogP contribution is -2.15. The van der Waals surface area contributed by atoms with Gasteiger partial charge >= 0.3 is 0 Å². The molecule has 0 amide bonds. The Morgan fingerprint density at radius 1 is 1.44 bits per heavy atom. The lowest BCUT2D eigenvalue weighted by molar-refractivity contribution is 0.642. The van der Waals surface area contributed by atoms with Gasteiger partial charge in [-0.3, -0.25) is 0 Å². The lowest BCUT2D eigenvalue weighted by atomic mass is 10.1. The third kappa shape index (κ3) is 3.75. The molecule has 0 heterocycles. The Hall–Kier alpha value is -0.630. The zero-order valence-electron chi connectivity index (χ0n) is 10.2. The number of benzene rings is 1. The third-order valence-electron chi connectivity index (χ3n) is 3.03. The highest BCUT2D eigenvalue weighted by Gasteiger charge is 2.23. The highest BCUT2D eigenvalue weighted by Crippen LogP contribution is 2.34. The van der Waals surface area contributed by atoms with E-state index >= 15 is 0 Å². The van der Waals surface area contributed by atoms with E-state index in [0.29, 0.717) is 6.04 Å². The van der Waals surface area contributed by atoms with Crippen molar-refractivity contribution >= 4 is 17.4 Å². The van der Waals surface area contributed by atoms with Crippen LogP contribution in [0.4, 0.5) is 5.69 Å². The van der Waals surface area contributed by atoms with Gasteiger partial charge in [-0.25, -0.2) is 0 Å². The summed E-state index contributed by atoms with van der Waals surface area (Å²) in [5.74, 6) is 2.10. The lowest BCUT2D eigenvalue weighted by Gasteiger charge is -2.15. The molecule has 0 aromatic heterocycles. The van der Waals surface area contributed by atoms with Crippen molar-refractivity contribution in [2.75, 3.05) is 11.6 Å². The molecule has 1 aliphatic rings. The molecule has 1 nitrogen and oxygen atoms in total. The molecule has 2 rings (SSSR count). The van der Waals surface area contributed by atoms with Crippen LogP contribution in [-0.4, -0.2) is 12.3 Å². The minimum atomic E-state index is 0.608. The van der Waals surface area contributed by atoms with Crippen LogP contribution in [-0.2, 0) is 5.75 Å². The predicted octanol–water partition coefficient (Wildman–Crippen LogP) is 4.15. The topological polar surface area (TPSA) is 12.0 Å². The first kappa shape index (κ1) is 11.8. The maximum absolute atomic E-state index is 3.60. The average molecular weight is 235 g/mol. The summed E-state index contributed by atoms with van der Waals surface area (Å²) in [5.41, 5.74) is 2.69. The van der Waals surface area contributed by atoms with Gasteiger partial charge in [-0.15, -0.1) is 0 Å². The van der Waals surface area contributed by atoms with E-state index in [-0.39, 0.29) is 0 Å². The quantitative estimate of drug-likeness (QED) is 0.795. The number of anilines is 1. The molecular formula is C14H21NS. The fraction of sp³-hybridized carbons (Fsp3) is 0.571. The second-order valence-electron chi connectivity index (χ2n) is 4.86. The van der Waals surface area contributed by atoms with E-state index in [2.05, 4.69) is 42.8 Å². The maximum Gasteiger partial charge on any atom is 0.0345 e. The van der Waals surface area contributed by atoms with Crippen molar-refractivity contribution in [1.82, 2.24) is 0 Å². The monoisotopic (exact) mass is 235 g/mol. The number of nitrogens with one attached hydrogen (secondary N) is 1. The fourth-order valence-electron chi connectivity index (χ4n) is 2.11. The Bertz CT molecular complexity index is 333. The van der Waals surface area contributed by atoms with Gasteiger partial charge in [0, 0.05) is 17.5 Å². The average Bonchev–Trinajstić information content (AvgIpc) is 3.02. The predicted molar refractivity (Wildman–Crippen MR) is 74.1 cm³/mol. The van der Waals surface area contributed by atoms with Gasteiger partial charge in [-0.2, -0.15) is 11.8 Å². The van der Waals surface area contributed by atoms with Gasteiger partial charge in [0.25, 0.3) is 0 Å². The van der Waals surface area contributed by atoms with Gasteiger partial charge < -0.3 is 5.32 Å². The number of rotatable bonds is 6. The molecule has 16 heavy (non-hydrogen) atoms. The van der Waals surface area contributed by atoms with Crippen molar-refractivity contribution < 1.29 is 0 Å². The van der Waals surface area contributed by atoms with Crippen LogP contribution in [0.15, 0.2) is 24.3 Å². The molecule has 1 unspecified atom stereocenters. The second-order valence-corrected chi connectivity index (χ2v) is 5.72. The normalized spacial score (nSPS) is 17.1. The summed E-state index contributed by atoms with van der Waals surface area (Å²) >= 11 is 1.88. The van der Waals surface area contributed by atoms with Crippen LogP contribution in [0.1, 0.15) is 31.7 Å². The standard InChI is InChI=1S/C14H21NS/c1-11(8-12-6-7-12)15-14-5-3-4-13(9-14)10-16-2/h3-5,9,11-12,15H,6-8,10H2,1-2H3. The highest BCUT2D eigenvalue weighted by atomic mass is 32.2. The van der Waals surface area contributed by atoms with Crippen LogP contribution in [0, 0.1) is 5.92 Å². The van der Waals surface area contributed by atoms with Gasteiger partial charge in [0.1, 0.15) is 0 Å². The number of hydrogen-bond donors (Lipinski definition) is 1. The van der Waals surface area contributed by atoms with Gasteiger partial charge in [-0.1, -0.05) is 25.0 Å². The van der Waals surface area contributed by atoms with Crippen molar-refractivity contribution in [2.45, 2.75) is 38.0 Å². The van der Waals surface area contributed by atoms with Crippen molar-refractivity contribution in [3.8, 4) is 0 Å². The van der Waals surface area contributed by atoms with Gasteiger partial charge in [-0.05, 0) is 43.2 Å². The summed E-state index contributed by atoms with van der Waals surface area (Å²) in [6.07, 6.45) is 6.36. The molecule has 1 aromatic carbocycles. The zero-order chi connectivity index (χ0) is 11.4. The first-order chi connectivity index (χ1) is 7.78. The molecule has 1 saturated carbocycles. The zero-order valence-corrected chi connectivity index (χ0v) is 11.0. The smallest absolute Gasteiger partial charge is 0.0345 e. The number of hydrogen-bond acceptors (Lipinski definition) is 2. The molecule has 0 aliphatic heterocycles. The summed E-state index contributed by atoms with van der Waals surface area (Å²) in [7, 11) is 0. The summed E-state index contributed by atoms with van der Waals surface area (Å²) in [6.45, 7) is 2.29. The first-order valence-electron chi connectivity index (χ1n) is 6.12. The van der Waals surface area contributed by atoms with E-state index in [4.69, 9.17) is 0 Å². The molecule has 1 aromatic rings. The SMILES string of the molecule is CSCc1cccc(NC(C)CC2CC2)c1. The van der Waals surface area contributed by atoms with Gasteiger partial charge in [0.05, 0.1) is 0 Å². The van der Waals surface area contributed by atoms with Crippen LogP contribution in [0.25, 0.3) is 0 Å². The summed E-state index contributed by atoms with van der Waals surface area (Å²) in [6, 6.07) is 9.41. The van der Waals surface area contributed by atoms with Crippen molar-refractivity contribution in [3.05, 3.63) is 29.8 Å². The fourth-order valence-corrected chi connectivity index (χ4v) is 2.63. The molecule has 0 saturated heterocycles. The van der Waals surface area contributed by atoms with E-state index in [0.717, 1.165) is 11.7 Å². The maximum atomic E-state index is 3.60. The van der Waals surface area contributed by atoms with Crippen LogP contribution in [0.3, 0.4) is 0 Å². The van der Waals surface area contributed by atoms with E-state index in [1.54, 1.807) is 0 Å². The van der Waals surface area contributed by atoms with Crippen LogP contribution in [0.5, 0.6) is 0 Å². The molecule has 0 spiro atoms. The minimum absolute atomic E-state index is 0.608. The summed E-state index contributed by atoms with van der Waals surface area (Å²) in [5, 5.41) is 3.60. The Kier molecular flexibility index (Phi) is 4.16. The van der Waals surface area contributed by atoms with Gasteiger partial charge in [0.2, 0.25) is 0 Å². The molecule has 2 heteroatoms. The third-order valence-corrected chi connectivity index (χ3v) is 3.66. The van der Waals surface area contributed by atoms with Gasteiger partial charge in [0.15, 0.2) is 0 Å². The summed E-state index contributed by atoms with van der Waals surface area (Å²) in [4.78, 5) is 0. The van der Waals surface area contributed by atoms with Crippen LogP contribution >= 0.6 is 11.8 Å². The molecule has 88 valence electrons. The molecule has 0 bridgehead atoms. The Morgan fingerprint density at radius 3 is 2.94 bits per heavy atom. The molecule has 1 fully saturated rings.